The average molecular weight is 242 g/mol. The first kappa shape index (κ1) is 13.8. The van der Waals surface area contributed by atoms with Crippen molar-refractivity contribution in [2.24, 2.45) is 5.41 Å². The Morgan fingerprint density at radius 1 is 1.31 bits per heavy atom. The van der Waals surface area contributed by atoms with Gasteiger partial charge >= 0.3 is 0 Å². The maximum Gasteiger partial charge on any atom is 0.169 e. The van der Waals surface area contributed by atoms with Gasteiger partial charge in [0.15, 0.2) is 5.11 Å². The minimum atomic E-state index is 0.260. The number of rotatable bonds is 2. The van der Waals surface area contributed by atoms with Gasteiger partial charge in [0, 0.05) is 19.1 Å². The lowest BCUT2D eigenvalue weighted by molar-refractivity contribution is 0.205. The molecule has 0 bridgehead atoms. The van der Waals surface area contributed by atoms with Crippen molar-refractivity contribution in [2.45, 2.75) is 65.5 Å². The fourth-order valence-electron chi connectivity index (χ4n) is 2.10. The van der Waals surface area contributed by atoms with E-state index in [1.54, 1.807) is 0 Å². The monoisotopic (exact) mass is 242 g/mol. The lowest BCUT2D eigenvalue weighted by Crippen LogP contribution is -2.49. The molecule has 0 radical (unpaired) electrons. The molecular formula is C13H26N2S. The molecule has 3 heteroatoms. The molecule has 0 saturated heterocycles. The summed E-state index contributed by atoms with van der Waals surface area (Å²) in [5.74, 6) is 0. The Bertz CT molecular complexity index is 239. The van der Waals surface area contributed by atoms with Crippen LogP contribution in [0, 0.1) is 5.41 Å². The Morgan fingerprint density at radius 3 is 2.25 bits per heavy atom. The molecule has 1 rings (SSSR count). The minimum Gasteiger partial charge on any atom is -0.360 e. The van der Waals surface area contributed by atoms with E-state index in [2.05, 4.69) is 45.0 Å². The van der Waals surface area contributed by atoms with E-state index in [1.165, 1.54) is 25.7 Å². The standard InChI is InChI=1S/C13H26N2S/c1-10(13(2,3)4)15(5)12(16)14-11-8-6-7-9-11/h10-11H,6-9H2,1-5H3,(H,14,16). The molecule has 1 aliphatic carbocycles. The first-order chi connectivity index (χ1) is 7.32. The second-order valence-corrected chi connectivity index (χ2v) is 6.47. The lowest BCUT2D eigenvalue weighted by atomic mass is 9.87. The fraction of sp³-hybridized carbons (Fsp3) is 0.923. The summed E-state index contributed by atoms with van der Waals surface area (Å²) in [6, 6.07) is 1.07. The predicted molar refractivity (Wildman–Crippen MR) is 74.7 cm³/mol. The lowest BCUT2D eigenvalue weighted by Gasteiger charge is -2.37. The van der Waals surface area contributed by atoms with Crippen LogP contribution in [0.3, 0.4) is 0 Å². The second kappa shape index (κ2) is 5.35. The third-order valence-corrected chi connectivity index (χ3v) is 4.24. The van der Waals surface area contributed by atoms with Crippen LogP contribution in [0.15, 0.2) is 0 Å². The van der Waals surface area contributed by atoms with Gasteiger partial charge in [0.2, 0.25) is 0 Å². The van der Waals surface area contributed by atoms with Crippen molar-refractivity contribution in [2.75, 3.05) is 7.05 Å². The summed E-state index contributed by atoms with van der Waals surface area (Å²) in [6.07, 6.45) is 5.24. The van der Waals surface area contributed by atoms with Crippen LogP contribution < -0.4 is 5.32 Å². The first-order valence-corrected chi connectivity index (χ1v) is 6.76. The van der Waals surface area contributed by atoms with E-state index >= 15 is 0 Å². The molecule has 1 aliphatic rings. The molecule has 0 aliphatic heterocycles. The summed E-state index contributed by atoms with van der Waals surface area (Å²) in [6.45, 7) is 9.01. The molecule has 1 saturated carbocycles. The molecular weight excluding hydrogens is 216 g/mol. The highest BCUT2D eigenvalue weighted by Crippen LogP contribution is 2.24. The Labute approximate surface area is 106 Å². The number of hydrogen-bond donors (Lipinski definition) is 1. The van der Waals surface area contributed by atoms with Crippen LogP contribution >= 0.6 is 12.2 Å². The molecule has 0 spiro atoms. The van der Waals surface area contributed by atoms with Crippen molar-refractivity contribution in [3.8, 4) is 0 Å². The fourth-order valence-corrected chi connectivity index (χ4v) is 2.43. The molecule has 1 atom stereocenters. The third-order valence-electron chi connectivity index (χ3n) is 3.84. The van der Waals surface area contributed by atoms with Crippen molar-refractivity contribution in [3.63, 3.8) is 0 Å². The van der Waals surface area contributed by atoms with Crippen LogP contribution in [0.4, 0.5) is 0 Å². The van der Waals surface area contributed by atoms with Gasteiger partial charge in [-0.25, -0.2) is 0 Å². The Kier molecular flexibility index (Phi) is 4.60. The zero-order valence-corrected chi connectivity index (χ0v) is 12.2. The Morgan fingerprint density at radius 2 is 1.81 bits per heavy atom. The number of nitrogens with one attached hydrogen (secondary N) is 1. The SMILES string of the molecule is CC(N(C)C(=S)NC1CCCC1)C(C)(C)C. The van der Waals surface area contributed by atoms with Crippen LogP contribution in [0.25, 0.3) is 0 Å². The van der Waals surface area contributed by atoms with Crippen molar-refractivity contribution in [3.05, 3.63) is 0 Å². The molecule has 0 aromatic heterocycles. The minimum absolute atomic E-state index is 0.260. The largest absolute Gasteiger partial charge is 0.360 e. The highest BCUT2D eigenvalue weighted by Gasteiger charge is 2.26. The van der Waals surface area contributed by atoms with Gasteiger partial charge in [-0.3, -0.25) is 0 Å². The van der Waals surface area contributed by atoms with E-state index in [0.717, 1.165) is 5.11 Å². The average Bonchev–Trinajstić information content (AvgIpc) is 2.66. The van der Waals surface area contributed by atoms with Crippen molar-refractivity contribution < 1.29 is 0 Å². The zero-order chi connectivity index (χ0) is 12.3. The first-order valence-electron chi connectivity index (χ1n) is 6.35. The van der Waals surface area contributed by atoms with Gasteiger partial charge in [0.1, 0.15) is 0 Å². The topological polar surface area (TPSA) is 15.3 Å². The van der Waals surface area contributed by atoms with E-state index in [9.17, 15) is 0 Å². The van der Waals surface area contributed by atoms with Gasteiger partial charge in [-0.15, -0.1) is 0 Å². The number of hydrogen-bond acceptors (Lipinski definition) is 1. The Hall–Kier alpha value is -0.310. The van der Waals surface area contributed by atoms with Gasteiger partial charge in [-0.1, -0.05) is 33.6 Å². The van der Waals surface area contributed by atoms with Crippen LogP contribution in [0.2, 0.25) is 0 Å². The summed E-state index contributed by atoms with van der Waals surface area (Å²) >= 11 is 5.47. The van der Waals surface area contributed by atoms with Gasteiger partial charge in [-0.05, 0) is 37.4 Å². The molecule has 1 unspecified atom stereocenters. The predicted octanol–water partition coefficient (Wildman–Crippen LogP) is 3.17. The van der Waals surface area contributed by atoms with Gasteiger partial charge in [0.25, 0.3) is 0 Å². The van der Waals surface area contributed by atoms with Crippen molar-refractivity contribution >= 4 is 17.3 Å². The summed E-state index contributed by atoms with van der Waals surface area (Å²) in [7, 11) is 2.10. The molecule has 1 N–H and O–H groups in total. The normalized spacial score (nSPS) is 19.6. The smallest absolute Gasteiger partial charge is 0.169 e. The molecule has 2 nitrogen and oxygen atoms in total. The van der Waals surface area contributed by atoms with Crippen molar-refractivity contribution in [1.82, 2.24) is 10.2 Å². The summed E-state index contributed by atoms with van der Waals surface area (Å²) in [5.41, 5.74) is 0.260. The summed E-state index contributed by atoms with van der Waals surface area (Å²) in [5, 5.41) is 4.40. The van der Waals surface area contributed by atoms with E-state index in [-0.39, 0.29) is 5.41 Å². The van der Waals surface area contributed by atoms with E-state index in [1.807, 2.05) is 0 Å². The summed E-state index contributed by atoms with van der Waals surface area (Å²) in [4.78, 5) is 2.20. The van der Waals surface area contributed by atoms with Gasteiger partial charge < -0.3 is 10.2 Å². The van der Waals surface area contributed by atoms with Gasteiger partial charge in [0.05, 0.1) is 0 Å². The van der Waals surface area contributed by atoms with Crippen LogP contribution in [0.1, 0.15) is 53.4 Å². The van der Waals surface area contributed by atoms with E-state index in [4.69, 9.17) is 12.2 Å². The quantitative estimate of drug-likeness (QED) is 0.749. The van der Waals surface area contributed by atoms with Crippen LogP contribution in [-0.2, 0) is 0 Å². The zero-order valence-electron chi connectivity index (χ0n) is 11.3. The molecule has 16 heavy (non-hydrogen) atoms. The highest BCUT2D eigenvalue weighted by atomic mass is 32.1. The van der Waals surface area contributed by atoms with E-state index < -0.39 is 0 Å². The van der Waals surface area contributed by atoms with Crippen molar-refractivity contribution in [1.29, 1.82) is 0 Å². The molecule has 94 valence electrons. The van der Waals surface area contributed by atoms with Gasteiger partial charge in [-0.2, -0.15) is 0 Å². The maximum absolute atomic E-state index is 5.47. The summed E-state index contributed by atoms with van der Waals surface area (Å²) < 4.78 is 0. The third kappa shape index (κ3) is 3.62. The second-order valence-electron chi connectivity index (χ2n) is 6.08. The molecule has 0 aromatic rings. The highest BCUT2D eigenvalue weighted by molar-refractivity contribution is 7.80. The molecule has 1 fully saturated rings. The maximum atomic E-state index is 5.47. The molecule has 0 heterocycles. The molecule has 0 aromatic carbocycles. The molecule has 0 amide bonds. The van der Waals surface area contributed by atoms with Crippen LogP contribution in [-0.4, -0.2) is 29.1 Å². The van der Waals surface area contributed by atoms with E-state index in [0.29, 0.717) is 12.1 Å². The van der Waals surface area contributed by atoms with Crippen LogP contribution in [0.5, 0.6) is 0 Å². The Balaban J connectivity index is 2.46. The number of thiocarbonyl (C=S) groups is 1. The number of nitrogens with zero attached hydrogens (tertiary/aromatic N) is 1.